The second-order valence-corrected chi connectivity index (χ2v) is 5.32. The molecule has 1 saturated heterocycles. The van der Waals surface area contributed by atoms with E-state index in [9.17, 15) is 24.5 Å². The molecule has 1 unspecified atom stereocenters. The van der Waals surface area contributed by atoms with Gasteiger partial charge >= 0.3 is 12.0 Å². The second-order valence-electron chi connectivity index (χ2n) is 5.32. The third kappa shape index (κ3) is 3.12. The Bertz CT molecular complexity index is 689. The number of benzene rings is 1. The summed E-state index contributed by atoms with van der Waals surface area (Å²) >= 11 is 0. The lowest BCUT2D eigenvalue weighted by atomic mass is 9.91. The van der Waals surface area contributed by atoms with Gasteiger partial charge in [-0.1, -0.05) is 12.1 Å². The number of carbonyl (C=O) groups is 3. The van der Waals surface area contributed by atoms with Crippen LogP contribution in [0.2, 0.25) is 0 Å². The Labute approximate surface area is 131 Å². The van der Waals surface area contributed by atoms with Crippen LogP contribution >= 0.6 is 0 Å². The summed E-state index contributed by atoms with van der Waals surface area (Å²) in [5, 5.41) is 22.0. The van der Waals surface area contributed by atoms with Crippen LogP contribution in [0, 0.1) is 10.1 Å². The molecular weight excluding hydrogens is 306 g/mol. The van der Waals surface area contributed by atoms with E-state index >= 15 is 0 Å². The number of imide groups is 1. The van der Waals surface area contributed by atoms with Crippen LogP contribution in [-0.2, 0) is 15.1 Å². The van der Waals surface area contributed by atoms with Crippen molar-refractivity contribution in [3.63, 3.8) is 0 Å². The van der Waals surface area contributed by atoms with Crippen LogP contribution in [0.15, 0.2) is 24.3 Å². The van der Waals surface area contributed by atoms with Crippen molar-refractivity contribution >= 4 is 23.6 Å². The summed E-state index contributed by atoms with van der Waals surface area (Å²) in [5.74, 6) is -1.58. The van der Waals surface area contributed by atoms with E-state index in [0.29, 0.717) is 5.56 Å². The van der Waals surface area contributed by atoms with Crippen molar-refractivity contribution in [1.29, 1.82) is 0 Å². The number of nitro groups is 1. The van der Waals surface area contributed by atoms with Crippen LogP contribution in [0.1, 0.15) is 25.3 Å². The van der Waals surface area contributed by atoms with Gasteiger partial charge in [-0.2, -0.15) is 0 Å². The minimum Gasteiger partial charge on any atom is -0.481 e. The minimum atomic E-state index is -1.41. The molecule has 3 amide bonds. The van der Waals surface area contributed by atoms with Gasteiger partial charge in [-0.15, -0.1) is 0 Å². The third-order valence-electron chi connectivity index (χ3n) is 3.68. The highest BCUT2D eigenvalue weighted by Gasteiger charge is 2.49. The average molecular weight is 321 g/mol. The van der Waals surface area contributed by atoms with Gasteiger partial charge in [0.15, 0.2) is 0 Å². The molecule has 0 bridgehead atoms. The van der Waals surface area contributed by atoms with E-state index in [1.165, 1.54) is 31.2 Å². The van der Waals surface area contributed by atoms with Crippen molar-refractivity contribution in [3.8, 4) is 0 Å². The maximum Gasteiger partial charge on any atom is 0.325 e. The molecule has 9 heteroatoms. The SMILES string of the molecule is CC1(c2cccc([N+](=O)[O-])c2)NC(=O)N(CCCC(=O)O)C1=O. The first-order valence-electron chi connectivity index (χ1n) is 6.86. The molecule has 0 aliphatic carbocycles. The molecule has 1 aromatic rings. The van der Waals surface area contributed by atoms with Gasteiger partial charge in [0, 0.05) is 25.1 Å². The fraction of sp³-hybridized carbons (Fsp3) is 0.357. The number of urea groups is 1. The molecule has 1 aromatic carbocycles. The van der Waals surface area contributed by atoms with Crippen molar-refractivity contribution in [1.82, 2.24) is 10.2 Å². The van der Waals surface area contributed by atoms with Crippen LogP contribution in [0.25, 0.3) is 0 Å². The zero-order valence-electron chi connectivity index (χ0n) is 12.3. The molecule has 1 atom stereocenters. The van der Waals surface area contributed by atoms with E-state index in [4.69, 9.17) is 5.11 Å². The first-order chi connectivity index (χ1) is 10.8. The first-order valence-corrected chi connectivity index (χ1v) is 6.86. The predicted octanol–water partition coefficient (Wildman–Crippen LogP) is 1.23. The summed E-state index contributed by atoms with van der Waals surface area (Å²) in [6.07, 6.45) is -0.0237. The smallest absolute Gasteiger partial charge is 0.325 e. The number of carboxylic acids is 1. The number of nitrogens with one attached hydrogen (secondary N) is 1. The number of carboxylic acid groups (broad SMARTS) is 1. The normalized spacial score (nSPS) is 20.5. The zero-order valence-corrected chi connectivity index (χ0v) is 12.3. The molecule has 1 fully saturated rings. The lowest BCUT2D eigenvalue weighted by Crippen LogP contribution is -2.41. The van der Waals surface area contributed by atoms with Crippen molar-refractivity contribution in [2.45, 2.75) is 25.3 Å². The van der Waals surface area contributed by atoms with E-state index in [1.54, 1.807) is 0 Å². The Morgan fingerprint density at radius 1 is 1.43 bits per heavy atom. The molecule has 122 valence electrons. The standard InChI is InChI=1S/C14H15N3O6/c1-14(9-4-2-5-10(8-9)17(22)23)12(20)16(13(21)15-14)7-3-6-11(18)19/h2,4-5,8H,3,6-7H2,1H3,(H,15,21)(H,18,19). The van der Waals surface area contributed by atoms with Crippen molar-refractivity contribution in [3.05, 3.63) is 39.9 Å². The topological polar surface area (TPSA) is 130 Å². The molecule has 1 aliphatic heterocycles. The Hall–Kier alpha value is -2.97. The number of nitro benzene ring substituents is 1. The van der Waals surface area contributed by atoms with Gasteiger partial charge < -0.3 is 10.4 Å². The van der Waals surface area contributed by atoms with E-state index in [-0.39, 0.29) is 25.1 Å². The molecule has 9 nitrogen and oxygen atoms in total. The summed E-state index contributed by atoms with van der Waals surface area (Å²) in [6.45, 7) is 1.44. The van der Waals surface area contributed by atoms with E-state index in [1.807, 2.05) is 0 Å². The number of hydrogen-bond acceptors (Lipinski definition) is 5. The van der Waals surface area contributed by atoms with E-state index < -0.39 is 28.4 Å². The Balaban J connectivity index is 2.24. The molecule has 0 aromatic heterocycles. The van der Waals surface area contributed by atoms with Crippen molar-refractivity contribution in [2.24, 2.45) is 0 Å². The first kappa shape index (κ1) is 16.4. The fourth-order valence-electron chi connectivity index (χ4n) is 2.41. The summed E-state index contributed by atoms with van der Waals surface area (Å²) in [7, 11) is 0. The highest BCUT2D eigenvalue weighted by atomic mass is 16.6. The summed E-state index contributed by atoms with van der Waals surface area (Å²) in [4.78, 5) is 46.2. The number of carbonyl (C=O) groups excluding carboxylic acids is 2. The lowest BCUT2D eigenvalue weighted by molar-refractivity contribution is -0.385. The van der Waals surface area contributed by atoms with Crippen LogP contribution in [-0.4, -0.2) is 39.4 Å². The van der Waals surface area contributed by atoms with Crippen LogP contribution in [0.4, 0.5) is 10.5 Å². The van der Waals surface area contributed by atoms with Gasteiger partial charge in [0.2, 0.25) is 0 Å². The predicted molar refractivity (Wildman–Crippen MR) is 77.6 cm³/mol. The molecular formula is C14H15N3O6. The molecule has 0 radical (unpaired) electrons. The largest absolute Gasteiger partial charge is 0.481 e. The highest BCUT2D eigenvalue weighted by Crippen LogP contribution is 2.30. The van der Waals surface area contributed by atoms with Crippen LogP contribution < -0.4 is 5.32 Å². The van der Waals surface area contributed by atoms with Gasteiger partial charge in [-0.3, -0.25) is 24.6 Å². The number of nitrogens with zero attached hydrogens (tertiary/aromatic N) is 2. The number of rotatable bonds is 6. The molecule has 23 heavy (non-hydrogen) atoms. The van der Waals surface area contributed by atoms with E-state index in [0.717, 1.165) is 4.90 Å². The van der Waals surface area contributed by atoms with Gasteiger partial charge in [-0.05, 0) is 18.9 Å². The summed E-state index contributed by atoms with van der Waals surface area (Å²) in [6, 6.07) is 4.84. The lowest BCUT2D eigenvalue weighted by Gasteiger charge is -2.22. The number of aliphatic carboxylic acids is 1. The van der Waals surface area contributed by atoms with Gasteiger partial charge in [0.1, 0.15) is 5.54 Å². The van der Waals surface area contributed by atoms with Crippen LogP contribution in [0.5, 0.6) is 0 Å². The van der Waals surface area contributed by atoms with Gasteiger partial charge in [-0.25, -0.2) is 4.79 Å². The molecule has 0 saturated carbocycles. The zero-order chi connectivity index (χ0) is 17.2. The Morgan fingerprint density at radius 2 is 2.13 bits per heavy atom. The van der Waals surface area contributed by atoms with Crippen molar-refractivity contribution < 1.29 is 24.4 Å². The quantitative estimate of drug-likeness (QED) is 0.460. The minimum absolute atomic E-state index is 0.0263. The maximum atomic E-state index is 12.5. The van der Waals surface area contributed by atoms with Gasteiger partial charge in [0.05, 0.1) is 4.92 Å². The number of hydrogen-bond donors (Lipinski definition) is 2. The monoisotopic (exact) mass is 321 g/mol. The fourth-order valence-corrected chi connectivity index (χ4v) is 2.41. The van der Waals surface area contributed by atoms with Gasteiger partial charge in [0.25, 0.3) is 11.6 Å². The van der Waals surface area contributed by atoms with Crippen LogP contribution in [0.3, 0.4) is 0 Å². The Morgan fingerprint density at radius 3 is 2.74 bits per heavy atom. The molecule has 1 heterocycles. The van der Waals surface area contributed by atoms with E-state index in [2.05, 4.69) is 5.32 Å². The molecule has 2 N–H and O–H groups in total. The van der Waals surface area contributed by atoms with Crippen molar-refractivity contribution in [2.75, 3.05) is 6.54 Å². The number of amides is 3. The molecule has 0 spiro atoms. The summed E-state index contributed by atoms with van der Waals surface area (Å²) < 4.78 is 0. The number of non-ortho nitro benzene ring substituents is 1. The molecule has 2 rings (SSSR count). The highest BCUT2D eigenvalue weighted by molar-refractivity contribution is 6.07. The maximum absolute atomic E-state index is 12.5. The second kappa shape index (κ2) is 6.03. The summed E-state index contributed by atoms with van der Waals surface area (Å²) in [5.41, 5.74) is -1.30. The molecule has 1 aliphatic rings. The third-order valence-corrected chi connectivity index (χ3v) is 3.68. The Kier molecular flexibility index (Phi) is 4.30. The average Bonchev–Trinajstić information content (AvgIpc) is 2.71.